The normalized spacial score (nSPS) is 14.6. The number of benzene rings is 1. The number of hydrogen-bond donors (Lipinski definition) is 2. The minimum absolute atomic E-state index is 0.147. The van der Waals surface area contributed by atoms with E-state index in [-0.39, 0.29) is 5.91 Å². The number of anilines is 2. The smallest absolute Gasteiger partial charge is 0.257 e. The molecule has 0 unspecified atom stereocenters. The van der Waals surface area contributed by atoms with Crippen molar-refractivity contribution in [2.45, 2.75) is 6.92 Å². The first-order valence-electron chi connectivity index (χ1n) is 7.63. The van der Waals surface area contributed by atoms with Crippen LogP contribution in [0.25, 0.3) is 0 Å². The van der Waals surface area contributed by atoms with Gasteiger partial charge in [-0.1, -0.05) is 22.0 Å². The Bertz CT molecular complexity index is 696. The van der Waals surface area contributed by atoms with E-state index in [0.717, 1.165) is 41.9 Å². The number of aryl methyl sites for hydroxylation is 1. The van der Waals surface area contributed by atoms with Gasteiger partial charge in [0.15, 0.2) is 0 Å². The van der Waals surface area contributed by atoms with E-state index in [4.69, 9.17) is 0 Å². The summed E-state index contributed by atoms with van der Waals surface area (Å²) < 4.78 is 0.885. The van der Waals surface area contributed by atoms with Crippen molar-refractivity contribution in [2.24, 2.45) is 0 Å². The van der Waals surface area contributed by atoms with Crippen molar-refractivity contribution in [3.05, 3.63) is 52.1 Å². The molecule has 2 heterocycles. The molecule has 0 spiro atoms. The van der Waals surface area contributed by atoms with Gasteiger partial charge in [-0.15, -0.1) is 0 Å². The number of nitrogens with zero attached hydrogens (tertiary/aromatic N) is 2. The zero-order valence-electron chi connectivity index (χ0n) is 13.0. The van der Waals surface area contributed by atoms with Crippen LogP contribution < -0.4 is 15.5 Å². The molecule has 6 heteroatoms. The Morgan fingerprint density at radius 1 is 1.26 bits per heavy atom. The lowest BCUT2D eigenvalue weighted by Gasteiger charge is -2.29. The minimum Gasteiger partial charge on any atom is -0.368 e. The molecule has 0 aliphatic carbocycles. The summed E-state index contributed by atoms with van der Waals surface area (Å²) in [6, 6.07) is 9.51. The quantitative estimate of drug-likeness (QED) is 0.866. The molecule has 5 nitrogen and oxygen atoms in total. The third-order valence-corrected chi connectivity index (χ3v) is 4.41. The van der Waals surface area contributed by atoms with Crippen molar-refractivity contribution in [1.29, 1.82) is 0 Å². The zero-order chi connectivity index (χ0) is 16.2. The highest BCUT2D eigenvalue weighted by Gasteiger charge is 2.13. The zero-order valence-corrected chi connectivity index (χ0v) is 14.6. The van der Waals surface area contributed by atoms with E-state index in [1.165, 1.54) is 0 Å². The Morgan fingerprint density at radius 3 is 2.74 bits per heavy atom. The Hall–Kier alpha value is -1.92. The molecule has 3 rings (SSSR count). The van der Waals surface area contributed by atoms with E-state index in [9.17, 15) is 4.79 Å². The van der Waals surface area contributed by atoms with Crippen molar-refractivity contribution < 1.29 is 4.79 Å². The second-order valence-corrected chi connectivity index (χ2v) is 6.47. The van der Waals surface area contributed by atoms with Gasteiger partial charge in [0.2, 0.25) is 0 Å². The highest BCUT2D eigenvalue weighted by atomic mass is 79.9. The fourth-order valence-electron chi connectivity index (χ4n) is 2.59. The van der Waals surface area contributed by atoms with E-state index < -0.39 is 0 Å². The van der Waals surface area contributed by atoms with Crippen LogP contribution in [0, 0.1) is 6.92 Å². The number of hydrogen-bond acceptors (Lipinski definition) is 4. The molecule has 0 bridgehead atoms. The first-order valence-corrected chi connectivity index (χ1v) is 8.42. The van der Waals surface area contributed by atoms with Crippen molar-refractivity contribution in [3.63, 3.8) is 0 Å². The van der Waals surface area contributed by atoms with Crippen molar-refractivity contribution in [3.8, 4) is 0 Å². The molecule has 1 aromatic heterocycles. The monoisotopic (exact) mass is 374 g/mol. The van der Waals surface area contributed by atoms with E-state index in [1.807, 2.05) is 43.5 Å². The number of carbonyl (C=O) groups is 1. The number of aromatic nitrogens is 1. The lowest BCUT2D eigenvalue weighted by molar-refractivity contribution is 0.102. The summed E-state index contributed by atoms with van der Waals surface area (Å²) in [6.45, 7) is 5.85. The molecular formula is C17H19BrN4O. The number of carbonyl (C=O) groups excluding carboxylic acids is 1. The molecular weight excluding hydrogens is 356 g/mol. The van der Waals surface area contributed by atoms with E-state index in [0.29, 0.717) is 11.4 Å². The molecule has 1 fully saturated rings. The van der Waals surface area contributed by atoms with Crippen LogP contribution in [0.4, 0.5) is 11.5 Å². The van der Waals surface area contributed by atoms with Crippen LogP contribution in [-0.4, -0.2) is 37.1 Å². The fourth-order valence-corrected chi connectivity index (χ4v) is 2.95. The standard InChI is InChI=1S/C17H19BrN4O/c1-12-2-3-13(18)10-15(12)17(23)21-16-5-4-14(11-20-16)22-8-6-19-7-9-22/h2-5,10-11,19H,6-9H2,1H3,(H,20,21,23). The summed E-state index contributed by atoms with van der Waals surface area (Å²) >= 11 is 3.40. The van der Waals surface area contributed by atoms with Gasteiger partial charge in [-0.2, -0.15) is 0 Å². The Kier molecular flexibility index (Phi) is 4.93. The van der Waals surface area contributed by atoms with Crippen LogP contribution in [-0.2, 0) is 0 Å². The average molecular weight is 375 g/mol. The molecule has 1 amide bonds. The highest BCUT2D eigenvalue weighted by Crippen LogP contribution is 2.19. The van der Waals surface area contributed by atoms with Gasteiger partial charge in [0.25, 0.3) is 5.91 Å². The van der Waals surface area contributed by atoms with Crippen LogP contribution in [0.5, 0.6) is 0 Å². The van der Waals surface area contributed by atoms with Gasteiger partial charge in [-0.05, 0) is 36.8 Å². The number of piperazine rings is 1. The Labute approximate surface area is 144 Å². The summed E-state index contributed by atoms with van der Waals surface area (Å²) in [5.41, 5.74) is 2.67. The summed E-state index contributed by atoms with van der Waals surface area (Å²) in [5, 5.41) is 6.18. The van der Waals surface area contributed by atoms with Crippen LogP contribution in [0.1, 0.15) is 15.9 Å². The number of nitrogens with one attached hydrogen (secondary N) is 2. The molecule has 0 saturated carbocycles. The van der Waals surface area contributed by atoms with E-state index in [1.54, 1.807) is 0 Å². The summed E-state index contributed by atoms with van der Waals surface area (Å²) in [5.74, 6) is 0.416. The van der Waals surface area contributed by atoms with E-state index >= 15 is 0 Å². The number of amides is 1. The van der Waals surface area contributed by atoms with Crippen LogP contribution in [0.15, 0.2) is 41.0 Å². The molecule has 1 aromatic carbocycles. The van der Waals surface area contributed by atoms with Gasteiger partial charge in [0, 0.05) is 36.2 Å². The molecule has 1 saturated heterocycles. The highest BCUT2D eigenvalue weighted by molar-refractivity contribution is 9.10. The topological polar surface area (TPSA) is 57.3 Å². The van der Waals surface area contributed by atoms with Crippen molar-refractivity contribution in [1.82, 2.24) is 10.3 Å². The van der Waals surface area contributed by atoms with Gasteiger partial charge in [-0.3, -0.25) is 4.79 Å². The molecule has 0 atom stereocenters. The molecule has 23 heavy (non-hydrogen) atoms. The van der Waals surface area contributed by atoms with Crippen molar-refractivity contribution in [2.75, 3.05) is 36.4 Å². The average Bonchev–Trinajstić information content (AvgIpc) is 2.58. The second-order valence-electron chi connectivity index (χ2n) is 5.55. The SMILES string of the molecule is Cc1ccc(Br)cc1C(=O)Nc1ccc(N2CCNCC2)cn1. The third kappa shape index (κ3) is 3.89. The van der Waals surface area contributed by atoms with E-state index in [2.05, 4.69) is 36.4 Å². The minimum atomic E-state index is -0.147. The van der Waals surface area contributed by atoms with Gasteiger partial charge >= 0.3 is 0 Å². The molecule has 0 radical (unpaired) electrons. The summed E-state index contributed by atoms with van der Waals surface area (Å²) in [4.78, 5) is 19.0. The van der Waals surface area contributed by atoms with Crippen molar-refractivity contribution >= 4 is 33.3 Å². The first kappa shape index (κ1) is 16.0. The maximum Gasteiger partial charge on any atom is 0.257 e. The van der Waals surface area contributed by atoms with Crippen LogP contribution in [0.2, 0.25) is 0 Å². The number of pyridine rings is 1. The largest absolute Gasteiger partial charge is 0.368 e. The fraction of sp³-hybridized carbons (Fsp3) is 0.294. The van der Waals surface area contributed by atoms with Gasteiger partial charge in [0.05, 0.1) is 11.9 Å². The predicted molar refractivity (Wildman–Crippen MR) is 96.2 cm³/mol. The number of halogens is 1. The molecule has 1 aliphatic rings. The molecule has 1 aliphatic heterocycles. The van der Waals surface area contributed by atoms with Crippen LogP contribution in [0.3, 0.4) is 0 Å². The molecule has 2 N–H and O–H groups in total. The summed E-state index contributed by atoms with van der Waals surface area (Å²) in [6.07, 6.45) is 1.81. The number of rotatable bonds is 3. The Morgan fingerprint density at radius 2 is 2.04 bits per heavy atom. The van der Waals surface area contributed by atoms with Crippen LogP contribution >= 0.6 is 15.9 Å². The summed E-state index contributed by atoms with van der Waals surface area (Å²) in [7, 11) is 0. The van der Waals surface area contributed by atoms with Gasteiger partial charge in [-0.25, -0.2) is 4.98 Å². The maximum absolute atomic E-state index is 12.4. The lowest BCUT2D eigenvalue weighted by atomic mass is 10.1. The maximum atomic E-state index is 12.4. The molecule has 120 valence electrons. The Balaban J connectivity index is 1.70. The van der Waals surface area contributed by atoms with Gasteiger partial charge in [0.1, 0.15) is 5.82 Å². The lowest BCUT2D eigenvalue weighted by Crippen LogP contribution is -2.43. The first-order chi connectivity index (χ1) is 11.1. The third-order valence-electron chi connectivity index (χ3n) is 3.92. The second kappa shape index (κ2) is 7.10. The van der Waals surface area contributed by atoms with Gasteiger partial charge < -0.3 is 15.5 Å². The molecule has 2 aromatic rings. The predicted octanol–water partition coefficient (Wildman–Crippen LogP) is 2.81.